The average Bonchev–Trinajstić information content (AvgIpc) is 1.88. The van der Waals surface area contributed by atoms with E-state index >= 15 is 0 Å². The van der Waals surface area contributed by atoms with Gasteiger partial charge >= 0.3 is 0 Å². The highest BCUT2D eigenvalue weighted by molar-refractivity contribution is 7.80. The van der Waals surface area contributed by atoms with Gasteiger partial charge in [0.1, 0.15) is 0 Å². The molecule has 0 aromatic carbocycles. The highest BCUT2D eigenvalue weighted by Gasteiger charge is 2.16. The molecule has 0 bridgehead atoms. The molecule has 3 nitrogen and oxygen atoms in total. The normalized spacial score (nSPS) is 19.4. The van der Waals surface area contributed by atoms with Crippen LogP contribution in [-0.4, -0.2) is 30.7 Å². The summed E-state index contributed by atoms with van der Waals surface area (Å²) in [5, 5.41) is 2.86. The first-order valence-electron chi connectivity index (χ1n) is 3.51. The Bertz CT molecular complexity index is 100. The van der Waals surface area contributed by atoms with Crippen molar-refractivity contribution < 1.29 is 4.39 Å². The van der Waals surface area contributed by atoms with E-state index in [1.54, 1.807) is 0 Å². The van der Waals surface area contributed by atoms with Crippen molar-refractivity contribution >= 4 is 12.6 Å². The quantitative estimate of drug-likeness (QED) is 0.341. The second kappa shape index (κ2) is 4.92. The van der Waals surface area contributed by atoms with E-state index in [0.29, 0.717) is 12.3 Å². The summed E-state index contributed by atoms with van der Waals surface area (Å²) in [5.41, 5.74) is 10.4. The molecular formula is C6H16FN3S. The molecule has 0 aliphatic carbocycles. The fourth-order valence-electron chi connectivity index (χ4n) is 0.566. The fourth-order valence-corrected chi connectivity index (χ4v) is 0.844. The number of rotatable bonds is 5. The molecule has 0 fully saturated rings. The highest BCUT2D eigenvalue weighted by Crippen LogP contribution is 1.97. The Morgan fingerprint density at radius 1 is 1.73 bits per heavy atom. The van der Waals surface area contributed by atoms with Gasteiger partial charge in [-0.15, -0.1) is 0 Å². The van der Waals surface area contributed by atoms with Gasteiger partial charge in [-0.2, -0.15) is 12.6 Å². The molecule has 0 radical (unpaired) electrons. The first-order valence-corrected chi connectivity index (χ1v) is 4.15. The van der Waals surface area contributed by atoms with E-state index in [2.05, 4.69) is 17.9 Å². The van der Waals surface area contributed by atoms with Crippen LogP contribution in [0.1, 0.15) is 6.92 Å². The molecular weight excluding hydrogens is 165 g/mol. The van der Waals surface area contributed by atoms with Gasteiger partial charge in [0.05, 0.1) is 0 Å². The summed E-state index contributed by atoms with van der Waals surface area (Å²) < 4.78 is 12.7. The first-order chi connectivity index (χ1) is 4.99. The first kappa shape index (κ1) is 11.2. The van der Waals surface area contributed by atoms with Crippen molar-refractivity contribution in [3.63, 3.8) is 0 Å². The Labute approximate surface area is 72.1 Å². The number of thiol groups is 1. The number of nitrogens with two attached hydrogens (primary N) is 2. The van der Waals surface area contributed by atoms with Crippen molar-refractivity contribution in [1.29, 1.82) is 0 Å². The van der Waals surface area contributed by atoms with Crippen molar-refractivity contribution in [3.8, 4) is 0 Å². The monoisotopic (exact) mass is 181 g/mol. The van der Waals surface area contributed by atoms with Gasteiger partial charge in [-0.1, -0.05) is 0 Å². The van der Waals surface area contributed by atoms with E-state index in [4.69, 9.17) is 11.5 Å². The van der Waals surface area contributed by atoms with Gasteiger partial charge in [-0.25, -0.2) is 4.39 Å². The lowest BCUT2D eigenvalue weighted by Gasteiger charge is -2.19. The van der Waals surface area contributed by atoms with Crippen LogP contribution in [0.15, 0.2) is 0 Å². The second-order valence-corrected chi connectivity index (χ2v) is 3.14. The second-order valence-electron chi connectivity index (χ2n) is 2.77. The van der Waals surface area contributed by atoms with Gasteiger partial charge in [-0.3, -0.25) is 5.73 Å². The number of hydrogen-bond donors (Lipinski definition) is 4. The minimum absolute atomic E-state index is 0.0389. The smallest absolute Gasteiger partial charge is 0.168 e. The predicted octanol–water partition coefficient (Wildman–Crippen LogP) is -0.522. The standard InChI is InChI=1S/C6H16FN3S/c1-6(7,9)4-10-5(2-8)3-11/h5,10-11H,2-4,8-9H2,1H3/t5-,6+/m0/s1. The molecule has 0 aliphatic rings. The van der Waals surface area contributed by atoms with Crippen LogP contribution in [0, 0.1) is 0 Å². The van der Waals surface area contributed by atoms with Gasteiger partial charge in [0.2, 0.25) is 0 Å². The summed E-state index contributed by atoms with van der Waals surface area (Å²) in [7, 11) is 0. The molecule has 0 aromatic heterocycles. The number of hydrogen-bond acceptors (Lipinski definition) is 4. The molecule has 0 saturated carbocycles. The van der Waals surface area contributed by atoms with Crippen LogP contribution in [0.4, 0.5) is 4.39 Å². The Kier molecular flexibility index (Phi) is 4.99. The lowest BCUT2D eigenvalue weighted by atomic mass is 10.2. The van der Waals surface area contributed by atoms with Gasteiger partial charge in [0.15, 0.2) is 5.79 Å². The molecule has 0 aliphatic heterocycles. The van der Waals surface area contributed by atoms with Crippen LogP contribution in [0.3, 0.4) is 0 Å². The third kappa shape index (κ3) is 6.55. The summed E-state index contributed by atoms with van der Waals surface area (Å²) in [6, 6.07) is 0.0389. The third-order valence-corrected chi connectivity index (χ3v) is 1.68. The zero-order valence-electron chi connectivity index (χ0n) is 6.68. The molecule has 0 spiro atoms. The minimum atomic E-state index is -1.67. The Morgan fingerprint density at radius 2 is 2.27 bits per heavy atom. The van der Waals surface area contributed by atoms with Gasteiger partial charge < -0.3 is 11.1 Å². The van der Waals surface area contributed by atoms with Gasteiger partial charge in [-0.05, 0) is 6.92 Å². The maximum Gasteiger partial charge on any atom is 0.168 e. The van der Waals surface area contributed by atoms with Crippen LogP contribution in [0.5, 0.6) is 0 Å². The van der Waals surface area contributed by atoms with E-state index in [1.807, 2.05) is 0 Å². The van der Waals surface area contributed by atoms with Crippen molar-refractivity contribution in [3.05, 3.63) is 0 Å². The zero-order valence-corrected chi connectivity index (χ0v) is 7.57. The Hall–Kier alpha value is 0.160. The zero-order chi connectivity index (χ0) is 8.91. The van der Waals surface area contributed by atoms with Crippen LogP contribution >= 0.6 is 12.6 Å². The summed E-state index contributed by atoms with van der Waals surface area (Å²) in [5.74, 6) is -1.08. The topological polar surface area (TPSA) is 64.1 Å². The molecule has 68 valence electrons. The van der Waals surface area contributed by atoms with Crippen molar-refractivity contribution in [1.82, 2.24) is 5.32 Å². The number of nitrogens with one attached hydrogen (secondary N) is 1. The fraction of sp³-hybridized carbons (Fsp3) is 1.00. The van der Waals surface area contributed by atoms with E-state index < -0.39 is 5.79 Å². The molecule has 0 heterocycles. The van der Waals surface area contributed by atoms with Crippen LogP contribution in [0.2, 0.25) is 0 Å². The molecule has 2 atom stereocenters. The summed E-state index contributed by atoms with van der Waals surface area (Å²) >= 11 is 4.02. The largest absolute Gasteiger partial charge is 0.329 e. The lowest BCUT2D eigenvalue weighted by Crippen LogP contribution is -2.48. The van der Waals surface area contributed by atoms with Crippen LogP contribution in [0.25, 0.3) is 0 Å². The summed E-state index contributed by atoms with van der Waals surface area (Å²) in [6.45, 7) is 1.86. The van der Waals surface area contributed by atoms with Gasteiger partial charge in [0, 0.05) is 24.9 Å². The van der Waals surface area contributed by atoms with E-state index in [1.165, 1.54) is 6.92 Å². The molecule has 5 heteroatoms. The summed E-state index contributed by atoms with van der Waals surface area (Å²) in [6.07, 6.45) is 0. The van der Waals surface area contributed by atoms with Crippen LogP contribution < -0.4 is 16.8 Å². The van der Waals surface area contributed by atoms with Crippen LogP contribution in [-0.2, 0) is 0 Å². The Morgan fingerprint density at radius 3 is 2.55 bits per heavy atom. The predicted molar refractivity (Wildman–Crippen MR) is 48.4 cm³/mol. The molecule has 0 saturated heterocycles. The van der Waals surface area contributed by atoms with E-state index in [-0.39, 0.29) is 12.6 Å². The highest BCUT2D eigenvalue weighted by atomic mass is 32.1. The maximum absolute atomic E-state index is 12.7. The number of alkyl halides is 1. The molecule has 5 N–H and O–H groups in total. The molecule has 0 rings (SSSR count). The van der Waals surface area contributed by atoms with Crippen molar-refractivity contribution in [2.75, 3.05) is 18.8 Å². The lowest BCUT2D eigenvalue weighted by molar-refractivity contribution is 0.189. The minimum Gasteiger partial charge on any atom is -0.329 e. The van der Waals surface area contributed by atoms with Crippen molar-refractivity contribution in [2.24, 2.45) is 11.5 Å². The molecule has 0 unspecified atom stereocenters. The Balaban J connectivity index is 3.51. The summed E-state index contributed by atoms with van der Waals surface area (Å²) in [4.78, 5) is 0. The third-order valence-electron chi connectivity index (χ3n) is 1.24. The van der Waals surface area contributed by atoms with Crippen molar-refractivity contribution in [2.45, 2.75) is 18.8 Å². The maximum atomic E-state index is 12.7. The molecule has 0 aromatic rings. The van der Waals surface area contributed by atoms with Gasteiger partial charge in [0.25, 0.3) is 0 Å². The SMILES string of the molecule is C[C@](N)(F)CN[C@@H](CN)CS. The molecule has 11 heavy (non-hydrogen) atoms. The van der Waals surface area contributed by atoms with E-state index in [9.17, 15) is 4.39 Å². The average molecular weight is 181 g/mol. The van der Waals surface area contributed by atoms with E-state index in [0.717, 1.165) is 0 Å². The number of halogens is 1. The molecule has 0 amide bonds.